The van der Waals surface area contributed by atoms with Gasteiger partial charge in [-0.1, -0.05) is 30.3 Å². The number of nitrogens with one attached hydrogen (secondary N) is 1. The number of H-pyrrole nitrogens is 1. The predicted molar refractivity (Wildman–Crippen MR) is 98.7 cm³/mol. The van der Waals surface area contributed by atoms with Crippen molar-refractivity contribution in [2.45, 2.75) is 27.3 Å². The van der Waals surface area contributed by atoms with Crippen molar-refractivity contribution < 1.29 is 0 Å². The van der Waals surface area contributed by atoms with Gasteiger partial charge in [-0.2, -0.15) is 20.0 Å². The minimum atomic E-state index is -0.341. The fraction of sp³-hybridized carbons (Fsp3) is 0.235. The van der Waals surface area contributed by atoms with E-state index in [0.29, 0.717) is 12.2 Å². The van der Waals surface area contributed by atoms with Crippen LogP contribution in [-0.2, 0) is 6.54 Å². The van der Waals surface area contributed by atoms with E-state index in [1.807, 2.05) is 36.7 Å². The molecule has 7 nitrogen and oxygen atoms in total. The number of hydrogen-bond acceptors (Lipinski definition) is 5. The number of hydrogen-bond donors (Lipinski definition) is 1. The molecule has 1 N–H and O–H groups in total. The average molecular weight is 354 g/mol. The van der Waals surface area contributed by atoms with Gasteiger partial charge in [0.25, 0.3) is 5.56 Å². The van der Waals surface area contributed by atoms with Crippen molar-refractivity contribution in [3.8, 4) is 0 Å². The Hall–Kier alpha value is -2.87. The minimum absolute atomic E-state index is 0.152. The summed E-state index contributed by atoms with van der Waals surface area (Å²) in [6.07, 6.45) is 1.61. The highest BCUT2D eigenvalue weighted by Gasteiger charge is 2.10. The van der Waals surface area contributed by atoms with Gasteiger partial charge >= 0.3 is 0 Å². The van der Waals surface area contributed by atoms with E-state index < -0.39 is 0 Å². The summed E-state index contributed by atoms with van der Waals surface area (Å²) in [6, 6.07) is 10.1. The van der Waals surface area contributed by atoms with Crippen LogP contribution in [0.1, 0.15) is 28.2 Å². The highest BCUT2D eigenvalue weighted by atomic mass is 32.1. The lowest BCUT2D eigenvalue weighted by Crippen LogP contribution is -2.22. The van der Waals surface area contributed by atoms with Gasteiger partial charge in [-0.05, 0) is 38.6 Å². The van der Waals surface area contributed by atoms with Crippen LogP contribution in [0.4, 0.5) is 0 Å². The maximum absolute atomic E-state index is 12.1. The summed E-state index contributed by atoms with van der Waals surface area (Å²) in [5, 5.41) is 15.2. The van der Waals surface area contributed by atoms with Crippen molar-refractivity contribution in [1.82, 2.24) is 24.7 Å². The van der Waals surface area contributed by atoms with Gasteiger partial charge in [0.1, 0.15) is 5.69 Å². The van der Waals surface area contributed by atoms with E-state index >= 15 is 0 Å². The summed E-state index contributed by atoms with van der Waals surface area (Å²) in [6.45, 7) is 6.17. The van der Waals surface area contributed by atoms with Crippen molar-refractivity contribution in [3.63, 3.8) is 0 Å². The van der Waals surface area contributed by atoms with E-state index in [1.54, 1.807) is 13.1 Å². The zero-order valence-corrected chi connectivity index (χ0v) is 15.0. The molecule has 0 fully saturated rings. The fourth-order valence-corrected chi connectivity index (χ4v) is 2.68. The number of aromatic nitrogens is 5. The number of aryl methyl sites for hydroxylation is 2. The second kappa shape index (κ2) is 6.94. The molecule has 0 saturated carbocycles. The smallest absolute Gasteiger partial charge is 0.265 e. The van der Waals surface area contributed by atoms with Gasteiger partial charge in [0.15, 0.2) is 0 Å². The molecule has 2 aromatic heterocycles. The van der Waals surface area contributed by atoms with E-state index in [-0.39, 0.29) is 10.3 Å². The lowest BCUT2D eigenvalue weighted by molar-refractivity contribution is 0.659. The molecule has 0 unspecified atom stereocenters. The van der Waals surface area contributed by atoms with Crippen LogP contribution < -0.4 is 5.56 Å². The Bertz CT molecular complexity index is 1050. The van der Waals surface area contributed by atoms with E-state index in [0.717, 1.165) is 21.6 Å². The minimum Gasteiger partial charge on any atom is -0.265 e. The quantitative estimate of drug-likeness (QED) is 0.576. The Labute approximate surface area is 149 Å². The Morgan fingerprint density at radius 3 is 2.64 bits per heavy atom. The monoisotopic (exact) mass is 354 g/mol. The molecule has 8 heteroatoms. The van der Waals surface area contributed by atoms with Crippen LogP contribution in [-0.4, -0.2) is 30.9 Å². The molecule has 0 aliphatic carbocycles. The second-order valence-electron chi connectivity index (χ2n) is 5.70. The molecule has 25 heavy (non-hydrogen) atoms. The zero-order valence-electron chi connectivity index (χ0n) is 14.2. The molecule has 128 valence electrons. The first kappa shape index (κ1) is 17.0. The van der Waals surface area contributed by atoms with Gasteiger partial charge < -0.3 is 0 Å². The van der Waals surface area contributed by atoms with Crippen LogP contribution in [0.2, 0.25) is 0 Å². The Kier molecular flexibility index (Phi) is 4.71. The highest BCUT2D eigenvalue weighted by molar-refractivity contribution is 7.71. The Morgan fingerprint density at radius 1 is 1.20 bits per heavy atom. The molecule has 0 aliphatic heterocycles. The summed E-state index contributed by atoms with van der Waals surface area (Å²) >= 11 is 5.08. The van der Waals surface area contributed by atoms with E-state index in [2.05, 4.69) is 32.5 Å². The standard InChI is InChI=1S/C17H18N6OS/c1-11-15(9-18-23-16(24)12(2)19-20-17(23)25)13(3)22(21-11)10-14-7-5-4-6-8-14/h4-9H,10H2,1-3H3,(H,20,25). The van der Waals surface area contributed by atoms with Crippen LogP contribution in [0.5, 0.6) is 0 Å². The predicted octanol–water partition coefficient (Wildman–Crippen LogP) is 2.35. The van der Waals surface area contributed by atoms with Crippen LogP contribution in [0, 0.1) is 25.5 Å². The summed E-state index contributed by atoms with van der Waals surface area (Å²) in [5.74, 6) is 0. The van der Waals surface area contributed by atoms with Gasteiger partial charge in [-0.25, -0.2) is 0 Å². The summed E-state index contributed by atoms with van der Waals surface area (Å²) in [4.78, 5) is 12.1. The van der Waals surface area contributed by atoms with Crippen molar-refractivity contribution in [2.24, 2.45) is 5.10 Å². The zero-order chi connectivity index (χ0) is 18.0. The molecular weight excluding hydrogens is 336 g/mol. The molecule has 0 aliphatic rings. The Balaban J connectivity index is 1.96. The molecular formula is C17H18N6OS. The largest absolute Gasteiger partial charge is 0.296 e. The summed E-state index contributed by atoms with van der Waals surface area (Å²) in [7, 11) is 0. The first-order valence-corrected chi connectivity index (χ1v) is 8.19. The lowest BCUT2D eigenvalue weighted by Gasteiger charge is -2.04. The van der Waals surface area contributed by atoms with Crippen molar-refractivity contribution in [3.05, 3.63) is 73.7 Å². The van der Waals surface area contributed by atoms with Crippen LogP contribution in [0.25, 0.3) is 0 Å². The number of rotatable bonds is 4. The van der Waals surface area contributed by atoms with E-state index in [1.165, 1.54) is 5.56 Å². The molecule has 0 saturated heterocycles. The maximum atomic E-state index is 12.1. The normalized spacial score (nSPS) is 11.3. The fourth-order valence-electron chi connectivity index (χ4n) is 2.50. The number of aromatic amines is 1. The molecule has 3 rings (SSSR count). The van der Waals surface area contributed by atoms with E-state index in [9.17, 15) is 4.79 Å². The first-order chi connectivity index (χ1) is 12.0. The van der Waals surface area contributed by atoms with Crippen molar-refractivity contribution >= 4 is 18.4 Å². The second-order valence-corrected chi connectivity index (χ2v) is 6.09. The third-order valence-electron chi connectivity index (χ3n) is 3.93. The molecule has 0 radical (unpaired) electrons. The number of benzene rings is 1. The molecule has 3 aromatic rings. The summed E-state index contributed by atoms with van der Waals surface area (Å²) < 4.78 is 3.21. The van der Waals surface area contributed by atoms with Crippen LogP contribution in [0.15, 0.2) is 40.2 Å². The third-order valence-corrected chi connectivity index (χ3v) is 4.19. The topological polar surface area (TPSA) is 80.9 Å². The average Bonchev–Trinajstić information content (AvgIpc) is 2.86. The first-order valence-electron chi connectivity index (χ1n) is 7.78. The van der Waals surface area contributed by atoms with Gasteiger partial charge in [-0.15, -0.1) is 0 Å². The van der Waals surface area contributed by atoms with Gasteiger partial charge in [0.2, 0.25) is 4.77 Å². The van der Waals surface area contributed by atoms with E-state index in [4.69, 9.17) is 12.2 Å². The summed E-state index contributed by atoms with van der Waals surface area (Å²) in [5.41, 5.74) is 3.81. The van der Waals surface area contributed by atoms with Gasteiger partial charge in [0, 0.05) is 11.3 Å². The maximum Gasteiger partial charge on any atom is 0.296 e. The molecule has 2 heterocycles. The molecule has 0 atom stereocenters. The van der Waals surface area contributed by atoms with Gasteiger partial charge in [-0.3, -0.25) is 14.6 Å². The number of nitrogens with zero attached hydrogens (tertiary/aromatic N) is 5. The molecule has 0 amide bonds. The van der Waals surface area contributed by atoms with Crippen molar-refractivity contribution in [2.75, 3.05) is 0 Å². The Morgan fingerprint density at radius 2 is 1.92 bits per heavy atom. The third kappa shape index (κ3) is 3.48. The SMILES string of the molecule is Cc1nn(Cc2ccccc2)c(C)c1C=Nn1c(=S)[nH]nc(C)c1=O. The van der Waals surface area contributed by atoms with Crippen LogP contribution in [0.3, 0.4) is 0 Å². The lowest BCUT2D eigenvalue weighted by atomic mass is 10.2. The van der Waals surface area contributed by atoms with Crippen LogP contribution >= 0.6 is 12.2 Å². The van der Waals surface area contributed by atoms with Crippen molar-refractivity contribution in [1.29, 1.82) is 0 Å². The highest BCUT2D eigenvalue weighted by Crippen LogP contribution is 2.13. The van der Waals surface area contributed by atoms with Gasteiger partial charge in [0.05, 0.1) is 18.5 Å². The molecule has 0 bridgehead atoms. The molecule has 1 aromatic carbocycles. The molecule has 0 spiro atoms.